The van der Waals surface area contributed by atoms with E-state index in [2.05, 4.69) is 10.6 Å². The van der Waals surface area contributed by atoms with E-state index in [-0.39, 0.29) is 36.6 Å². The van der Waals surface area contributed by atoms with Crippen LogP contribution in [0, 0.1) is 0 Å². The summed E-state index contributed by atoms with van der Waals surface area (Å²) in [5.41, 5.74) is 0.747. The van der Waals surface area contributed by atoms with Gasteiger partial charge in [0.1, 0.15) is 0 Å². The van der Waals surface area contributed by atoms with Gasteiger partial charge in [-0.15, -0.1) is 0 Å². The van der Waals surface area contributed by atoms with E-state index in [1.165, 1.54) is 6.92 Å². The summed E-state index contributed by atoms with van der Waals surface area (Å²) >= 11 is 0. The van der Waals surface area contributed by atoms with Gasteiger partial charge in [0.2, 0.25) is 11.8 Å². The molecule has 4 amide bonds. The molecule has 0 radical (unpaired) electrons. The second kappa shape index (κ2) is 6.84. The Bertz CT molecular complexity index is 592. The van der Waals surface area contributed by atoms with Crippen LogP contribution in [0.25, 0.3) is 0 Å². The molecule has 0 aromatic heterocycles. The summed E-state index contributed by atoms with van der Waals surface area (Å²) in [4.78, 5) is 47.6. The van der Waals surface area contributed by atoms with Crippen molar-refractivity contribution in [2.75, 3.05) is 19.6 Å². The lowest BCUT2D eigenvalue weighted by Crippen LogP contribution is -2.37. The van der Waals surface area contributed by atoms with Gasteiger partial charge < -0.3 is 10.6 Å². The van der Waals surface area contributed by atoms with E-state index >= 15 is 0 Å². The summed E-state index contributed by atoms with van der Waals surface area (Å²) in [6, 6.07) is 6.59. The molecule has 0 spiro atoms. The molecular formula is C15H17N3O4. The van der Waals surface area contributed by atoms with Gasteiger partial charge in [-0.2, -0.15) is 0 Å². The fourth-order valence-corrected chi connectivity index (χ4v) is 2.18. The molecule has 1 aliphatic heterocycles. The molecule has 22 heavy (non-hydrogen) atoms. The predicted molar refractivity (Wildman–Crippen MR) is 78.1 cm³/mol. The van der Waals surface area contributed by atoms with Gasteiger partial charge >= 0.3 is 0 Å². The standard InChI is InChI=1S/C15H17N3O4/c1-10(19)16-7-8-17-13(20)6-9-18-14(21)11-4-2-3-5-12(11)15(18)22/h2-5H,6-9H2,1H3,(H,16,19)(H,17,20). The number of amides is 4. The Labute approximate surface area is 127 Å². The van der Waals surface area contributed by atoms with Crippen LogP contribution >= 0.6 is 0 Å². The third-order valence-corrected chi connectivity index (χ3v) is 3.26. The van der Waals surface area contributed by atoms with Crippen LogP contribution in [0.2, 0.25) is 0 Å². The zero-order valence-electron chi connectivity index (χ0n) is 12.2. The van der Waals surface area contributed by atoms with Crippen LogP contribution in [0.15, 0.2) is 24.3 Å². The van der Waals surface area contributed by atoms with Crippen LogP contribution in [0.5, 0.6) is 0 Å². The molecule has 1 aromatic rings. The summed E-state index contributed by atoms with van der Waals surface area (Å²) in [6.45, 7) is 2.08. The molecule has 0 saturated carbocycles. The molecular weight excluding hydrogens is 286 g/mol. The molecule has 7 heteroatoms. The SMILES string of the molecule is CC(=O)NCCNC(=O)CCN1C(=O)c2ccccc2C1=O. The molecule has 1 heterocycles. The predicted octanol–water partition coefficient (Wildman–Crippen LogP) is -0.0750. The summed E-state index contributed by atoms with van der Waals surface area (Å²) in [5, 5.41) is 5.16. The van der Waals surface area contributed by atoms with Gasteiger partial charge in [0.05, 0.1) is 11.1 Å². The monoisotopic (exact) mass is 303 g/mol. The van der Waals surface area contributed by atoms with Crippen LogP contribution in [0.4, 0.5) is 0 Å². The maximum Gasteiger partial charge on any atom is 0.261 e. The van der Waals surface area contributed by atoms with E-state index in [4.69, 9.17) is 0 Å². The van der Waals surface area contributed by atoms with Crippen molar-refractivity contribution in [2.45, 2.75) is 13.3 Å². The second-order valence-corrected chi connectivity index (χ2v) is 4.89. The van der Waals surface area contributed by atoms with Crippen molar-refractivity contribution in [2.24, 2.45) is 0 Å². The Balaban J connectivity index is 1.81. The second-order valence-electron chi connectivity index (χ2n) is 4.89. The van der Waals surface area contributed by atoms with Gasteiger partial charge in [-0.05, 0) is 12.1 Å². The van der Waals surface area contributed by atoms with Gasteiger partial charge in [0, 0.05) is 33.0 Å². The first-order valence-corrected chi connectivity index (χ1v) is 6.97. The van der Waals surface area contributed by atoms with Gasteiger partial charge in [-0.1, -0.05) is 12.1 Å². The van der Waals surface area contributed by atoms with Crippen LogP contribution in [-0.2, 0) is 9.59 Å². The fourth-order valence-electron chi connectivity index (χ4n) is 2.18. The largest absolute Gasteiger partial charge is 0.355 e. The number of nitrogens with zero attached hydrogens (tertiary/aromatic N) is 1. The molecule has 116 valence electrons. The summed E-state index contributed by atoms with van der Waals surface area (Å²) in [7, 11) is 0. The number of rotatable bonds is 6. The van der Waals surface area contributed by atoms with Gasteiger partial charge in [0.25, 0.3) is 11.8 Å². The number of carbonyl (C=O) groups excluding carboxylic acids is 4. The summed E-state index contributed by atoms with van der Waals surface area (Å²) in [5.74, 6) is -1.18. The van der Waals surface area contributed by atoms with E-state index in [1.807, 2.05) is 0 Å². The Hall–Kier alpha value is -2.70. The number of hydrogen-bond acceptors (Lipinski definition) is 4. The molecule has 0 atom stereocenters. The van der Waals surface area contributed by atoms with Gasteiger partial charge in [0.15, 0.2) is 0 Å². The van der Waals surface area contributed by atoms with Crippen molar-refractivity contribution >= 4 is 23.6 Å². The van der Waals surface area contributed by atoms with Crippen molar-refractivity contribution < 1.29 is 19.2 Å². The molecule has 1 aromatic carbocycles. The quantitative estimate of drug-likeness (QED) is 0.568. The highest BCUT2D eigenvalue weighted by molar-refractivity contribution is 6.21. The zero-order chi connectivity index (χ0) is 16.1. The minimum absolute atomic E-state index is 0.0333. The van der Waals surface area contributed by atoms with Crippen LogP contribution in [0.3, 0.4) is 0 Å². The Morgan fingerprint density at radius 1 is 1.00 bits per heavy atom. The Kier molecular flexibility index (Phi) is 4.88. The highest BCUT2D eigenvalue weighted by Crippen LogP contribution is 2.22. The Morgan fingerprint density at radius 2 is 1.55 bits per heavy atom. The minimum atomic E-state index is -0.369. The lowest BCUT2D eigenvalue weighted by molar-refractivity contribution is -0.122. The van der Waals surface area contributed by atoms with E-state index in [9.17, 15) is 19.2 Å². The normalized spacial score (nSPS) is 13.0. The first-order valence-electron chi connectivity index (χ1n) is 6.97. The zero-order valence-corrected chi connectivity index (χ0v) is 12.2. The first kappa shape index (κ1) is 15.7. The molecule has 0 aliphatic carbocycles. The van der Waals surface area contributed by atoms with Crippen molar-refractivity contribution in [1.29, 1.82) is 0 Å². The van der Waals surface area contributed by atoms with Crippen molar-refractivity contribution in [3.63, 3.8) is 0 Å². The number of fused-ring (bicyclic) bond motifs is 1. The van der Waals surface area contributed by atoms with E-state index in [1.54, 1.807) is 24.3 Å². The van der Waals surface area contributed by atoms with Gasteiger partial charge in [-0.3, -0.25) is 24.1 Å². The average molecular weight is 303 g/mol. The third-order valence-electron chi connectivity index (χ3n) is 3.26. The van der Waals surface area contributed by atoms with E-state index < -0.39 is 0 Å². The maximum absolute atomic E-state index is 12.1. The smallest absolute Gasteiger partial charge is 0.261 e. The Morgan fingerprint density at radius 3 is 2.09 bits per heavy atom. The molecule has 2 N–H and O–H groups in total. The van der Waals surface area contributed by atoms with E-state index in [0.29, 0.717) is 24.2 Å². The lowest BCUT2D eigenvalue weighted by Gasteiger charge is -2.13. The van der Waals surface area contributed by atoms with E-state index in [0.717, 1.165) is 4.90 Å². The third kappa shape index (κ3) is 3.49. The molecule has 0 saturated heterocycles. The number of carbonyl (C=O) groups is 4. The minimum Gasteiger partial charge on any atom is -0.355 e. The fraction of sp³-hybridized carbons (Fsp3) is 0.333. The highest BCUT2D eigenvalue weighted by Gasteiger charge is 2.34. The van der Waals surface area contributed by atoms with Crippen molar-refractivity contribution in [1.82, 2.24) is 15.5 Å². The van der Waals surface area contributed by atoms with Crippen molar-refractivity contribution in [3.8, 4) is 0 Å². The number of imide groups is 1. The molecule has 0 unspecified atom stereocenters. The van der Waals surface area contributed by atoms with Crippen molar-refractivity contribution in [3.05, 3.63) is 35.4 Å². The molecule has 7 nitrogen and oxygen atoms in total. The molecule has 0 fully saturated rings. The van der Waals surface area contributed by atoms with Gasteiger partial charge in [-0.25, -0.2) is 0 Å². The van der Waals surface area contributed by atoms with Crippen LogP contribution in [0.1, 0.15) is 34.1 Å². The number of hydrogen-bond donors (Lipinski definition) is 2. The molecule has 1 aliphatic rings. The maximum atomic E-state index is 12.1. The van der Waals surface area contributed by atoms with Crippen LogP contribution in [-0.4, -0.2) is 48.2 Å². The first-order chi connectivity index (χ1) is 10.5. The highest BCUT2D eigenvalue weighted by atomic mass is 16.2. The summed E-state index contributed by atoms with van der Waals surface area (Å²) < 4.78 is 0. The molecule has 0 bridgehead atoms. The average Bonchev–Trinajstić information content (AvgIpc) is 2.74. The lowest BCUT2D eigenvalue weighted by atomic mass is 10.1. The summed E-state index contributed by atoms with van der Waals surface area (Å²) in [6.07, 6.45) is 0.0333. The topological polar surface area (TPSA) is 95.6 Å². The van der Waals surface area contributed by atoms with Crippen LogP contribution < -0.4 is 10.6 Å². The number of nitrogens with one attached hydrogen (secondary N) is 2. The molecule has 2 rings (SSSR count). The number of benzene rings is 1.